The molecular weight excluding hydrogens is 262 g/mol. The van der Waals surface area contributed by atoms with Gasteiger partial charge in [0.05, 0.1) is 18.1 Å². The van der Waals surface area contributed by atoms with Crippen LogP contribution in [0.15, 0.2) is 29.6 Å². The van der Waals surface area contributed by atoms with E-state index < -0.39 is 11.5 Å². The highest BCUT2D eigenvalue weighted by atomic mass is 35.5. The second-order valence-corrected chi connectivity index (χ2v) is 3.55. The summed E-state index contributed by atoms with van der Waals surface area (Å²) >= 11 is 5.68. The van der Waals surface area contributed by atoms with Crippen LogP contribution in [0, 0.1) is 0 Å². The Kier molecular flexibility index (Phi) is 3.24. The van der Waals surface area contributed by atoms with E-state index in [9.17, 15) is 9.59 Å². The van der Waals surface area contributed by atoms with Crippen molar-refractivity contribution in [3.8, 4) is 11.6 Å². The number of halogens is 1. The highest BCUT2D eigenvalue weighted by Crippen LogP contribution is 2.23. The largest absolute Gasteiger partial charge is 0.478 e. The van der Waals surface area contributed by atoms with Gasteiger partial charge in [-0.15, -0.1) is 0 Å². The van der Waals surface area contributed by atoms with Crippen LogP contribution in [0.25, 0.3) is 0 Å². The molecule has 0 unspecified atom stereocenters. The number of carbonyl (C=O) groups is 1. The van der Waals surface area contributed by atoms with Gasteiger partial charge in [-0.05, 0) is 6.07 Å². The molecule has 0 radical (unpaired) electrons. The first-order chi connectivity index (χ1) is 8.58. The molecule has 2 N–H and O–H groups in total. The van der Waals surface area contributed by atoms with E-state index >= 15 is 0 Å². The fraction of sp³-hybridized carbons (Fsp3) is 0. The maximum absolute atomic E-state index is 11.2. The third-order valence-electron chi connectivity index (χ3n) is 1.94. The second-order valence-electron chi connectivity index (χ2n) is 3.17. The molecule has 0 aromatic carbocycles. The fourth-order valence-corrected chi connectivity index (χ4v) is 1.28. The summed E-state index contributed by atoms with van der Waals surface area (Å²) < 4.78 is 5.19. The van der Waals surface area contributed by atoms with Crippen molar-refractivity contribution < 1.29 is 14.6 Å². The van der Waals surface area contributed by atoms with Crippen molar-refractivity contribution >= 4 is 17.6 Å². The lowest BCUT2D eigenvalue weighted by Crippen LogP contribution is -2.08. The molecule has 0 saturated heterocycles. The van der Waals surface area contributed by atoms with Crippen LogP contribution in [0.2, 0.25) is 5.02 Å². The molecule has 8 heteroatoms. The minimum Gasteiger partial charge on any atom is -0.478 e. The Morgan fingerprint density at radius 2 is 2.22 bits per heavy atom. The van der Waals surface area contributed by atoms with Crippen LogP contribution in [0.5, 0.6) is 11.6 Å². The predicted molar refractivity (Wildman–Crippen MR) is 61.1 cm³/mol. The number of rotatable bonds is 3. The number of nitrogens with zero attached hydrogens (tertiary/aromatic N) is 2. The van der Waals surface area contributed by atoms with Crippen LogP contribution in [-0.4, -0.2) is 26.0 Å². The number of aromatic carboxylic acids is 1. The number of aromatic amines is 1. The first-order valence-electron chi connectivity index (χ1n) is 4.67. The average molecular weight is 268 g/mol. The first kappa shape index (κ1) is 12.1. The molecule has 0 aliphatic heterocycles. The van der Waals surface area contributed by atoms with Crippen molar-refractivity contribution in [1.82, 2.24) is 15.0 Å². The third kappa shape index (κ3) is 2.46. The summed E-state index contributed by atoms with van der Waals surface area (Å²) in [7, 11) is 0. The zero-order chi connectivity index (χ0) is 13.1. The summed E-state index contributed by atoms with van der Waals surface area (Å²) in [4.78, 5) is 31.6. The normalized spacial score (nSPS) is 10.1. The smallest absolute Gasteiger partial charge is 0.337 e. The van der Waals surface area contributed by atoms with Gasteiger partial charge in [0.15, 0.2) is 5.02 Å². The predicted octanol–water partition coefficient (Wildman–Crippen LogP) is 1.31. The average Bonchev–Trinajstić information content (AvgIpc) is 2.35. The first-order valence-corrected chi connectivity index (χ1v) is 5.05. The van der Waals surface area contributed by atoms with E-state index in [4.69, 9.17) is 21.4 Å². The molecule has 0 spiro atoms. The third-order valence-corrected chi connectivity index (χ3v) is 2.27. The number of hydrogen-bond acceptors (Lipinski definition) is 5. The number of ether oxygens (including phenoxy) is 1. The zero-order valence-corrected chi connectivity index (χ0v) is 9.51. The van der Waals surface area contributed by atoms with Gasteiger partial charge < -0.3 is 14.8 Å². The van der Waals surface area contributed by atoms with Crippen molar-refractivity contribution in [1.29, 1.82) is 0 Å². The molecule has 2 aromatic rings. The van der Waals surface area contributed by atoms with Gasteiger partial charge in [-0.1, -0.05) is 11.6 Å². The molecule has 2 heterocycles. The van der Waals surface area contributed by atoms with Crippen LogP contribution in [0.4, 0.5) is 0 Å². The maximum Gasteiger partial charge on any atom is 0.337 e. The molecule has 7 nitrogen and oxygen atoms in total. The molecule has 92 valence electrons. The number of carboxylic acids is 1. The minimum atomic E-state index is -1.14. The lowest BCUT2D eigenvalue weighted by atomic mass is 10.3. The van der Waals surface area contributed by atoms with Crippen LogP contribution in [-0.2, 0) is 0 Å². The Bertz CT molecular complexity index is 656. The standard InChI is InChI=1S/C10H6ClN3O4/c11-7-8(15)13-4-14-9(7)18-6-1-5(10(16)17)2-12-3-6/h1-4H,(H,16,17)(H,13,14,15). The quantitative estimate of drug-likeness (QED) is 0.868. The SMILES string of the molecule is O=C(O)c1cncc(Oc2nc[nH]c(=O)c2Cl)c1. The lowest BCUT2D eigenvalue weighted by Gasteiger charge is -2.05. The molecule has 2 aromatic heterocycles. The van der Waals surface area contributed by atoms with Crippen LogP contribution >= 0.6 is 11.6 Å². The van der Waals surface area contributed by atoms with E-state index in [1.807, 2.05) is 0 Å². The summed E-state index contributed by atoms with van der Waals surface area (Å²) in [6.45, 7) is 0. The number of aromatic nitrogens is 3. The number of hydrogen-bond donors (Lipinski definition) is 2. The van der Waals surface area contributed by atoms with Gasteiger partial charge >= 0.3 is 5.97 Å². The van der Waals surface area contributed by atoms with Gasteiger partial charge in [-0.25, -0.2) is 9.78 Å². The minimum absolute atomic E-state index is 0.0477. The van der Waals surface area contributed by atoms with Crippen molar-refractivity contribution in [3.63, 3.8) is 0 Å². The molecule has 0 aliphatic carbocycles. The van der Waals surface area contributed by atoms with Gasteiger partial charge in [-0.2, -0.15) is 0 Å². The van der Waals surface area contributed by atoms with Gasteiger partial charge in [-0.3, -0.25) is 9.78 Å². The number of H-pyrrole nitrogens is 1. The highest BCUT2D eigenvalue weighted by molar-refractivity contribution is 6.31. The molecule has 0 amide bonds. The summed E-state index contributed by atoms with van der Waals surface area (Å²) in [6, 6.07) is 1.24. The van der Waals surface area contributed by atoms with Gasteiger partial charge in [0, 0.05) is 6.20 Å². The van der Waals surface area contributed by atoms with E-state index in [0.29, 0.717) is 0 Å². The number of carboxylic acid groups (broad SMARTS) is 1. The van der Waals surface area contributed by atoms with E-state index in [1.165, 1.54) is 18.5 Å². The molecule has 18 heavy (non-hydrogen) atoms. The molecular formula is C10H6ClN3O4. The summed E-state index contributed by atoms with van der Waals surface area (Å²) in [5.74, 6) is -1.14. The van der Waals surface area contributed by atoms with Crippen molar-refractivity contribution in [2.75, 3.05) is 0 Å². The Morgan fingerprint density at radius 1 is 1.44 bits per heavy atom. The van der Waals surface area contributed by atoms with Crippen molar-refractivity contribution in [3.05, 3.63) is 45.7 Å². The lowest BCUT2D eigenvalue weighted by molar-refractivity contribution is 0.0696. The highest BCUT2D eigenvalue weighted by Gasteiger charge is 2.10. The maximum atomic E-state index is 11.2. The Labute approximate surface area is 105 Å². The molecule has 0 aliphatic rings. The van der Waals surface area contributed by atoms with Crippen LogP contribution < -0.4 is 10.3 Å². The van der Waals surface area contributed by atoms with E-state index in [2.05, 4.69) is 15.0 Å². The topological polar surface area (TPSA) is 105 Å². The molecule has 0 atom stereocenters. The summed E-state index contributed by atoms with van der Waals surface area (Å²) in [5, 5.41) is 8.56. The van der Waals surface area contributed by atoms with Crippen molar-refractivity contribution in [2.45, 2.75) is 0 Å². The fourth-order valence-electron chi connectivity index (χ4n) is 1.14. The van der Waals surface area contributed by atoms with Crippen molar-refractivity contribution in [2.24, 2.45) is 0 Å². The molecule has 0 fully saturated rings. The molecule has 0 bridgehead atoms. The summed E-state index contributed by atoms with van der Waals surface area (Å²) in [6.07, 6.45) is 3.58. The van der Waals surface area contributed by atoms with Gasteiger partial charge in [0.25, 0.3) is 5.56 Å². The van der Waals surface area contributed by atoms with Crippen LogP contribution in [0.1, 0.15) is 10.4 Å². The molecule has 0 saturated carbocycles. The monoisotopic (exact) mass is 267 g/mol. The van der Waals surface area contributed by atoms with E-state index in [0.717, 1.165) is 6.33 Å². The van der Waals surface area contributed by atoms with E-state index in [1.54, 1.807) is 0 Å². The summed E-state index contributed by atoms with van der Waals surface area (Å²) in [5.41, 5.74) is -0.600. The van der Waals surface area contributed by atoms with Gasteiger partial charge in [0.2, 0.25) is 5.88 Å². The Hall–Kier alpha value is -2.41. The Morgan fingerprint density at radius 3 is 2.94 bits per heavy atom. The van der Waals surface area contributed by atoms with E-state index in [-0.39, 0.29) is 22.2 Å². The van der Waals surface area contributed by atoms with Gasteiger partial charge in [0.1, 0.15) is 5.75 Å². The van der Waals surface area contributed by atoms with Crippen LogP contribution in [0.3, 0.4) is 0 Å². The zero-order valence-electron chi connectivity index (χ0n) is 8.75. The number of nitrogens with one attached hydrogen (secondary N) is 1. The second kappa shape index (κ2) is 4.84. The number of pyridine rings is 1. The molecule has 2 rings (SSSR count). The Balaban J connectivity index is 2.34.